The summed E-state index contributed by atoms with van der Waals surface area (Å²) in [5.41, 5.74) is 16.8. The van der Waals surface area contributed by atoms with E-state index in [1.807, 2.05) is 0 Å². The fourth-order valence-electron chi connectivity index (χ4n) is 8.64. The van der Waals surface area contributed by atoms with Gasteiger partial charge in [-0.15, -0.1) is 0 Å². The number of anilines is 3. The van der Waals surface area contributed by atoms with Crippen molar-refractivity contribution in [2.24, 2.45) is 0 Å². The van der Waals surface area contributed by atoms with Crippen LogP contribution in [0.2, 0.25) is 0 Å². The van der Waals surface area contributed by atoms with Crippen LogP contribution < -0.4 is 48.5 Å². The van der Waals surface area contributed by atoms with Gasteiger partial charge in [0.2, 0.25) is 24.1 Å². The summed E-state index contributed by atoms with van der Waals surface area (Å²) in [4.78, 5) is 148. The van der Waals surface area contributed by atoms with Gasteiger partial charge in [-0.3, -0.25) is 72.2 Å². The largest absolute Gasteiger partial charge is 0.459 e. The van der Waals surface area contributed by atoms with E-state index < -0.39 is 106 Å². The van der Waals surface area contributed by atoms with Gasteiger partial charge in [-0.1, -0.05) is 90.1 Å². The molecule has 12 N–H and O–H groups in total. The molecule has 3 fully saturated rings. The van der Waals surface area contributed by atoms with Crippen LogP contribution in [-0.2, 0) is 52.3 Å². The predicted molar refractivity (Wildman–Crippen MR) is 316 cm³/mol. The lowest BCUT2D eigenvalue weighted by molar-refractivity contribution is -0.195. The normalized spacial score (nSPS) is 21.0. The van der Waals surface area contributed by atoms with Gasteiger partial charge >= 0.3 is 44.5 Å². The second-order valence-corrected chi connectivity index (χ2v) is 21.7. The van der Waals surface area contributed by atoms with E-state index in [1.165, 1.54) is 20.8 Å². The van der Waals surface area contributed by atoms with Gasteiger partial charge in [-0.2, -0.15) is 15.0 Å². The highest BCUT2D eigenvalue weighted by atomic mass is 32.1. The lowest BCUT2D eigenvalue weighted by Gasteiger charge is -2.19. The van der Waals surface area contributed by atoms with Gasteiger partial charge in [0.1, 0.15) is 51.7 Å². The number of H-pyrrole nitrogens is 4. The topological polar surface area (TPSA) is 492 Å². The molecule has 9 heterocycles. The van der Waals surface area contributed by atoms with Gasteiger partial charge < -0.3 is 65.3 Å². The van der Waals surface area contributed by atoms with Crippen LogP contribution in [0.15, 0.2) is 126 Å². The molecule has 36 heteroatoms. The van der Waals surface area contributed by atoms with Gasteiger partial charge in [-0.25, -0.2) is 9.59 Å². The van der Waals surface area contributed by atoms with E-state index in [9.17, 15) is 57.8 Å². The quantitative estimate of drug-likeness (QED) is 0.0453. The molecule has 0 radical (unpaired) electrons. The van der Waals surface area contributed by atoms with E-state index in [-0.39, 0.29) is 90.3 Å². The third-order valence-electron chi connectivity index (χ3n) is 12.6. The Morgan fingerprint density at radius 3 is 1.46 bits per heavy atom. The number of nitrogens with zero attached hydrogens (tertiary/aromatic N) is 5. The first-order valence-corrected chi connectivity index (χ1v) is 28.2. The fraction of sp³-hybridized carbons (Fsp3) is 0.283. The number of rotatable bonds is 12. The van der Waals surface area contributed by atoms with Crippen LogP contribution in [0.1, 0.15) is 53.9 Å². The average Bonchev–Trinajstić information content (AvgIpc) is 1.84. The molecule has 2 aromatic carbocycles. The Bertz CT molecular complexity index is 4430. The molecule has 0 aliphatic carbocycles. The van der Waals surface area contributed by atoms with Crippen molar-refractivity contribution in [1.82, 2.24) is 44.0 Å². The van der Waals surface area contributed by atoms with Crippen LogP contribution in [0, 0.1) is 0 Å². The van der Waals surface area contributed by atoms with E-state index in [0.29, 0.717) is 39.4 Å². The van der Waals surface area contributed by atoms with Crippen molar-refractivity contribution in [2.75, 3.05) is 37.0 Å². The summed E-state index contributed by atoms with van der Waals surface area (Å²) in [5.74, 6) is -3.23. The molecule has 33 nitrogen and oxygen atoms in total. The van der Waals surface area contributed by atoms with Gasteiger partial charge in [0.15, 0.2) is 41.6 Å². The molecule has 6 aromatic heterocycles. The van der Waals surface area contributed by atoms with Crippen molar-refractivity contribution in [2.45, 2.75) is 76.1 Å². The molecule has 0 bridgehead atoms. The lowest BCUT2D eigenvalue weighted by atomic mass is 10.1. The second kappa shape index (κ2) is 27.7. The first-order valence-electron chi connectivity index (χ1n) is 25.7. The molecule has 0 saturated carbocycles. The van der Waals surface area contributed by atoms with Crippen molar-refractivity contribution >= 4 is 113 Å². The number of hydrogen-bond donors (Lipinski definition) is 9. The number of benzene rings is 2. The van der Waals surface area contributed by atoms with Crippen molar-refractivity contribution < 1.29 is 72.1 Å². The number of aromatic nitrogens is 9. The van der Waals surface area contributed by atoms with Crippen LogP contribution in [0.3, 0.4) is 0 Å². The number of aliphatic hydroxyl groups is 2. The maximum Gasteiger partial charge on any atom is 0.338 e. The third kappa shape index (κ3) is 14.8. The lowest BCUT2D eigenvalue weighted by Crippen LogP contribution is -2.31. The van der Waals surface area contributed by atoms with E-state index in [2.05, 4.69) is 54.6 Å². The first-order chi connectivity index (χ1) is 42.2. The number of nitrogens with one attached hydrogen (secondary N) is 4. The van der Waals surface area contributed by atoms with Crippen molar-refractivity contribution in [1.29, 1.82) is 0 Å². The van der Waals surface area contributed by atoms with E-state index in [0.717, 1.165) is 20.5 Å². The highest BCUT2D eigenvalue weighted by molar-refractivity contribution is 7.16. The van der Waals surface area contributed by atoms with Gasteiger partial charge in [0, 0.05) is 26.3 Å². The minimum atomic E-state index is -1.19. The van der Waals surface area contributed by atoms with Crippen LogP contribution in [0.5, 0.6) is 0 Å². The van der Waals surface area contributed by atoms with Crippen molar-refractivity contribution in [3.63, 3.8) is 0 Å². The Balaban J connectivity index is 0.000000161. The summed E-state index contributed by atoms with van der Waals surface area (Å²) in [6, 6.07) is 16.8. The Hall–Kier alpha value is -10.1. The minimum absolute atomic E-state index is 0.00144. The highest BCUT2D eigenvalue weighted by Gasteiger charge is 2.46. The Morgan fingerprint density at radius 2 is 0.989 bits per heavy atom. The number of nitrogens with two attached hydrogens (primary N) is 3. The number of aromatic amines is 4. The van der Waals surface area contributed by atoms with Crippen LogP contribution in [0.4, 0.5) is 17.8 Å². The Morgan fingerprint density at radius 1 is 0.562 bits per heavy atom. The number of thiazole rings is 3. The van der Waals surface area contributed by atoms with Crippen LogP contribution in [-0.4, -0.2) is 147 Å². The number of fused-ring (bicyclic) bond motifs is 3. The predicted octanol–water partition coefficient (Wildman–Crippen LogP) is 0.381. The zero-order chi connectivity index (χ0) is 64.7. The maximum absolute atomic E-state index is 12.7. The molecule has 3 saturated heterocycles. The molecule has 1 unspecified atom stereocenters. The standard InChI is InChI=1S/C20H18N4O7S.C17H18O7.C11H12N4O5S.C5H4N4O2S/c1-9-12(8-29-18(27)11-6-4-3-5-7-11)31-17(13(9)30-10(2)25)24-15-14(32-20(24)28)16(26)23-19(21)22-15;1-10-14(9-21-16(20)13-7-5-4-6-8-13)24-17(23-12(3)19)15(10)22-11(2)18;1-3-4(2-16)20-9(5(3)17)15-7-6(21-11(15)19)8(18)14-10(12)13-7;6-4-7-2-1(3(10)9-4)12-5(11)8-2/h3-7,12-13,17H,1,8H2,2H3,(H3,21,22,23,26);4-8,14-15,17H,1,9H2,2-3H3;4-5,9,16-17H,1-2H2,(H3,12,13,14,18);(H4,6,7,8,9,10,11)/t12-,13-,17-;14-,15-,17?;4-,5-,9-;/m111./s1. The zero-order valence-corrected chi connectivity index (χ0v) is 49.0. The number of ether oxygens (including phenoxy) is 8. The summed E-state index contributed by atoms with van der Waals surface area (Å²) < 4.78 is 45.3. The molecular formula is C53H52N12O21S3. The number of esters is 5. The number of nitrogen functional groups attached to an aromatic ring is 3. The molecule has 468 valence electrons. The smallest absolute Gasteiger partial charge is 0.338 e. The molecule has 0 amide bonds. The SMILES string of the molecule is C=C1[C@@H](O)[C@H](n2c(=O)sc3c(=O)[nH]c(N)nc32)O[C@@H]1CO.C=C1[C@@H](OC(C)=O)C(OC(C)=O)O[C@@H]1COC(=O)c1ccccc1.C=C1[C@@H](OC(C)=O)[C@H](n2c(=O)sc3c(=O)[nH]c(N)nc32)O[C@@H]1COC(=O)c1ccccc1.Nc1nc2[nH]c(=O)sc2c(=O)[nH]1. The first kappa shape index (κ1) is 64.9. The van der Waals surface area contributed by atoms with E-state index in [1.54, 1.807) is 60.7 Å². The van der Waals surface area contributed by atoms with Crippen molar-refractivity contribution in [3.8, 4) is 0 Å². The fourth-order valence-corrected chi connectivity index (χ4v) is 11.0. The molecule has 0 spiro atoms. The monoisotopic (exact) mass is 1290 g/mol. The number of carbonyl (C=O) groups is 5. The van der Waals surface area contributed by atoms with E-state index >= 15 is 0 Å². The summed E-state index contributed by atoms with van der Waals surface area (Å²) in [6.07, 6.45) is -9.01. The third-order valence-corrected chi connectivity index (χ3v) is 15.4. The molecule has 11 rings (SSSR count). The minimum Gasteiger partial charge on any atom is -0.459 e. The number of hydrogen-bond acceptors (Lipinski definition) is 30. The summed E-state index contributed by atoms with van der Waals surface area (Å²) in [6.45, 7) is 14.2. The van der Waals surface area contributed by atoms with Gasteiger partial charge in [-0.05, 0) is 35.4 Å². The Labute approximate surface area is 508 Å². The van der Waals surface area contributed by atoms with E-state index in [4.69, 9.17) is 60.2 Å². The summed E-state index contributed by atoms with van der Waals surface area (Å²) in [5, 5.41) is 19.3. The van der Waals surface area contributed by atoms with Gasteiger partial charge in [0.25, 0.3) is 16.7 Å². The number of carbonyl (C=O) groups excluding carboxylic acids is 5. The van der Waals surface area contributed by atoms with Crippen LogP contribution >= 0.6 is 34.0 Å². The molecule has 3 aliphatic heterocycles. The summed E-state index contributed by atoms with van der Waals surface area (Å²) >= 11 is 2.14. The number of aliphatic hydroxyl groups excluding tert-OH is 2. The summed E-state index contributed by atoms with van der Waals surface area (Å²) in [7, 11) is 0. The molecular weight excluding hydrogens is 1240 g/mol. The average molecular weight is 1290 g/mol. The Kier molecular flexibility index (Phi) is 20.2. The highest BCUT2D eigenvalue weighted by Crippen LogP contribution is 2.37. The van der Waals surface area contributed by atoms with Crippen molar-refractivity contribution in [3.05, 3.63) is 168 Å². The molecule has 8 aromatic rings. The zero-order valence-electron chi connectivity index (χ0n) is 46.6. The molecule has 89 heavy (non-hydrogen) atoms. The van der Waals surface area contributed by atoms with Crippen LogP contribution in [0.25, 0.3) is 31.0 Å². The van der Waals surface area contributed by atoms with Gasteiger partial charge in [0.05, 0.1) is 17.7 Å². The molecule has 9 atom stereocenters. The maximum atomic E-state index is 12.7. The second-order valence-electron chi connectivity index (χ2n) is 18.8. The molecule has 3 aliphatic rings.